The lowest BCUT2D eigenvalue weighted by Gasteiger charge is -2.13. The molecule has 0 fully saturated rings. The Morgan fingerprint density at radius 1 is 0.193 bits per heavy atom. The largest absolute Gasteiger partial charge is 0.309 e. The second-order valence-corrected chi connectivity index (χ2v) is 32.1. The summed E-state index contributed by atoms with van der Waals surface area (Å²) in [6.45, 7) is 0. The van der Waals surface area contributed by atoms with E-state index >= 15 is 0 Å². The fourth-order valence-electron chi connectivity index (χ4n) is 19.0. The summed E-state index contributed by atoms with van der Waals surface area (Å²) in [6.07, 6.45) is 0. The molecule has 114 heavy (non-hydrogen) atoms. The number of nitrogens with zero attached hydrogens (tertiary/aromatic N) is 10. The van der Waals surface area contributed by atoms with E-state index in [1.165, 1.54) is 96.1 Å². The number of rotatable bonds is 9. The van der Waals surface area contributed by atoms with Crippen LogP contribution >= 0.6 is 22.7 Å². The maximum atomic E-state index is 5.63. The van der Waals surface area contributed by atoms with E-state index < -0.39 is 0 Å². The Bertz CT molecular complexity index is 8550. The summed E-state index contributed by atoms with van der Waals surface area (Å²) in [5, 5.41) is 19.2. The maximum absolute atomic E-state index is 5.63. The monoisotopic (exact) mass is 1480 g/mol. The molecule has 16 aromatic carbocycles. The Hall–Kier alpha value is -14.8. The number of benzene rings is 16. The third kappa shape index (κ3) is 8.77. The van der Waals surface area contributed by atoms with Crippen LogP contribution in [0.15, 0.2) is 340 Å². The van der Waals surface area contributed by atoms with E-state index in [9.17, 15) is 0 Å². The number of hydrogen-bond donors (Lipinski definition) is 0. The van der Waals surface area contributed by atoms with Gasteiger partial charge in [-0.25, -0.2) is 29.9 Å². The lowest BCUT2D eigenvalue weighted by atomic mass is 9.96. The van der Waals surface area contributed by atoms with E-state index in [2.05, 4.69) is 315 Å². The molecule has 0 atom stereocenters. The van der Waals surface area contributed by atoms with Crippen molar-refractivity contribution in [1.82, 2.24) is 47.8 Å². The van der Waals surface area contributed by atoms with Crippen molar-refractivity contribution < 1.29 is 0 Å². The fourth-order valence-corrected chi connectivity index (χ4v) is 21.3. The van der Waals surface area contributed by atoms with Crippen molar-refractivity contribution in [2.24, 2.45) is 0 Å². The van der Waals surface area contributed by atoms with Crippen molar-refractivity contribution in [1.29, 1.82) is 0 Å². The number of hydrogen-bond acceptors (Lipinski definition) is 8. The van der Waals surface area contributed by atoms with Crippen LogP contribution in [0, 0.1) is 0 Å². The van der Waals surface area contributed by atoms with Crippen molar-refractivity contribution in [3.63, 3.8) is 0 Å². The third-order valence-corrected chi connectivity index (χ3v) is 26.2. The summed E-state index contributed by atoms with van der Waals surface area (Å²) in [5.74, 6) is 3.66. The number of para-hydroxylation sites is 5. The third-order valence-electron chi connectivity index (χ3n) is 23.9. The van der Waals surface area contributed by atoms with Crippen LogP contribution in [0.3, 0.4) is 0 Å². The molecule has 26 aromatic rings. The average Bonchev–Trinajstić information content (AvgIpc) is 1.52. The van der Waals surface area contributed by atoms with Gasteiger partial charge < -0.3 is 17.9 Å². The molecule has 0 saturated carbocycles. The second kappa shape index (κ2) is 23.4. The number of fused-ring (bicyclic) bond motifs is 24. The van der Waals surface area contributed by atoms with E-state index in [1.54, 1.807) is 22.7 Å². The Balaban J connectivity index is 0.654. The van der Waals surface area contributed by atoms with Gasteiger partial charge in [-0.2, -0.15) is 0 Å². The molecule has 0 aliphatic heterocycles. The minimum absolute atomic E-state index is 0.590. The zero-order chi connectivity index (χ0) is 74.1. The zero-order valence-electron chi connectivity index (χ0n) is 60.6. The molecule has 0 aliphatic rings. The first-order chi connectivity index (χ1) is 56.5. The highest BCUT2D eigenvalue weighted by Gasteiger charge is 2.29. The Kier molecular flexibility index (Phi) is 12.7. The first kappa shape index (κ1) is 62.0. The summed E-state index contributed by atoms with van der Waals surface area (Å²) in [5.41, 5.74) is 21.4. The quantitative estimate of drug-likeness (QED) is 0.143. The summed E-state index contributed by atoms with van der Waals surface area (Å²) in [4.78, 5) is 32.5. The topological polar surface area (TPSA) is 96.0 Å². The molecule has 0 bridgehead atoms. The molecule has 0 unspecified atom stereocenters. The first-order valence-electron chi connectivity index (χ1n) is 38.5. The molecule has 0 radical (unpaired) electrons. The van der Waals surface area contributed by atoms with Crippen LogP contribution in [0.1, 0.15) is 0 Å². The molecule has 26 rings (SSSR count). The van der Waals surface area contributed by atoms with Crippen molar-refractivity contribution in [3.05, 3.63) is 340 Å². The maximum Gasteiger partial charge on any atom is 0.165 e. The van der Waals surface area contributed by atoms with E-state index in [1.807, 2.05) is 42.5 Å². The van der Waals surface area contributed by atoms with Gasteiger partial charge in [-0.05, 0) is 96.1 Å². The SMILES string of the molecule is c1ccc(-c2nc(-c3ccc(-c4ccc5c6ccccc6n6c7cc8c(cc7c4c56)c4ccccc4n8-c4cc(-c5nc(-c6ccccc6)nc(-c6ccccc6)n5)c5c(c4)sc4ccccc45)cc3)nc(-c3cc(-n4c5ccccc5c5cc6c7cccc8c9ccccc9n(c6cc54)c87)cc4c3sc3ccccc34)n2)cc1. The van der Waals surface area contributed by atoms with Crippen LogP contribution in [-0.4, -0.2) is 47.8 Å². The Labute approximate surface area is 656 Å². The van der Waals surface area contributed by atoms with Gasteiger partial charge in [-0.3, -0.25) is 0 Å². The van der Waals surface area contributed by atoms with Gasteiger partial charge in [-0.1, -0.05) is 255 Å². The fraction of sp³-hybridized carbons (Fsp3) is 0. The molecule has 0 saturated heterocycles. The highest BCUT2D eigenvalue weighted by atomic mass is 32.1. The van der Waals surface area contributed by atoms with E-state index in [0.717, 1.165) is 120 Å². The molecule has 0 N–H and O–H groups in total. The normalized spacial score (nSPS) is 12.4. The smallest absolute Gasteiger partial charge is 0.165 e. The lowest BCUT2D eigenvalue weighted by Crippen LogP contribution is -2.01. The van der Waals surface area contributed by atoms with Crippen LogP contribution < -0.4 is 0 Å². The predicted octanol–water partition coefficient (Wildman–Crippen LogP) is 27.0. The average molecular weight is 1490 g/mol. The van der Waals surface area contributed by atoms with Crippen LogP contribution in [0.25, 0.3) is 251 Å². The molecule has 10 nitrogen and oxygen atoms in total. The lowest BCUT2D eigenvalue weighted by molar-refractivity contribution is 1.07. The van der Waals surface area contributed by atoms with Crippen LogP contribution in [0.5, 0.6) is 0 Å². The minimum atomic E-state index is 0.590. The highest BCUT2D eigenvalue weighted by Crippen LogP contribution is 2.51. The van der Waals surface area contributed by atoms with Crippen molar-refractivity contribution in [2.75, 3.05) is 0 Å². The van der Waals surface area contributed by atoms with Gasteiger partial charge in [0.2, 0.25) is 0 Å². The highest BCUT2D eigenvalue weighted by molar-refractivity contribution is 7.26. The van der Waals surface area contributed by atoms with Crippen molar-refractivity contribution >= 4 is 183 Å². The van der Waals surface area contributed by atoms with E-state index in [4.69, 9.17) is 29.9 Å². The van der Waals surface area contributed by atoms with Gasteiger partial charge in [0.25, 0.3) is 0 Å². The molecule has 10 aromatic heterocycles. The molecule has 0 amide bonds. The summed E-state index contributed by atoms with van der Waals surface area (Å²) < 4.78 is 14.6. The summed E-state index contributed by atoms with van der Waals surface area (Å²) in [6, 6.07) is 123. The second-order valence-electron chi connectivity index (χ2n) is 30.0. The van der Waals surface area contributed by atoms with Crippen molar-refractivity contribution in [2.45, 2.75) is 0 Å². The standard InChI is InChI=1S/C102H56N10S2/c1-4-23-58(24-5-1)97-103-98(59-25-6-2-7-26-59)106-101(105-97)79-50-63(52-91-92(79)73-34-15-21-42-90(73)113-91)110-82-38-17-13-32-68(82)75-54-78-88(56-86(75)110)112-84-40-19-11-30-66(84)72-48-47-64(93(78)95(72)112)57-43-45-61(46-44-57)100-104-99(60-27-8-3-9-28-60)107-102(108-100)80-51-62(49-77-69-33-14-20-41-89(69)114-96(77)80)109-81-37-16-12-31-67(81)74-53-76-71-36-22-35-70-65-29-10-18-39-83(65)111(94(70)71)87(76)55-85(74)109/h1-56H. The van der Waals surface area contributed by atoms with Gasteiger partial charge in [0.05, 0.1) is 55.2 Å². The molecule has 0 aliphatic carbocycles. The zero-order valence-corrected chi connectivity index (χ0v) is 62.3. The van der Waals surface area contributed by atoms with E-state index in [-0.39, 0.29) is 0 Å². The number of thiophene rings is 2. The van der Waals surface area contributed by atoms with Gasteiger partial charge in [0.15, 0.2) is 34.9 Å². The molecule has 0 spiro atoms. The minimum Gasteiger partial charge on any atom is -0.309 e. The predicted molar refractivity (Wildman–Crippen MR) is 475 cm³/mol. The first-order valence-corrected chi connectivity index (χ1v) is 40.1. The molecule has 10 heterocycles. The van der Waals surface area contributed by atoms with Gasteiger partial charge in [0.1, 0.15) is 0 Å². The van der Waals surface area contributed by atoms with Crippen LogP contribution in [-0.2, 0) is 0 Å². The van der Waals surface area contributed by atoms with Crippen LogP contribution in [0.4, 0.5) is 0 Å². The molecule has 12 heteroatoms. The Morgan fingerprint density at radius 2 is 0.596 bits per heavy atom. The van der Waals surface area contributed by atoms with Crippen molar-refractivity contribution in [3.8, 4) is 90.8 Å². The summed E-state index contributed by atoms with van der Waals surface area (Å²) >= 11 is 3.60. The molecular formula is C102H56N10S2. The molecule has 526 valence electrons. The molecular weight excluding hydrogens is 1430 g/mol. The Morgan fingerprint density at radius 3 is 1.18 bits per heavy atom. The van der Waals surface area contributed by atoms with E-state index in [0.29, 0.717) is 34.9 Å². The number of aromatic nitrogens is 10. The van der Waals surface area contributed by atoms with Crippen LogP contribution in [0.2, 0.25) is 0 Å². The summed E-state index contributed by atoms with van der Waals surface area (Å²) in [7, 11) is 0. The van der Waals surface area contributed by atoms with Gasteiger partial charge in [0, 0.05) is 150 Å². The van der Waals surface area contributed by atoms with Gasteiger partial charge in [-0.15, -0.1) is 22.7 Å². The van der Waals surface area contributed by atoms with Gasteiger partial charge >= 0.3 is 0 Å².